The number of hydrogen-bond acceptors (Lipinski definition) is 9. The monoisotopic (exact) mass is 703 g/mol. The lowest BCUT2D eigenvalue weighted by Gasteiger charge is -2.26. The van der Waals surface area contributed by atoms with Gasteiger partial charge in [0, 0.05) is 36.3 Å². The summed E-state index contributed by atoms with van der Waals surface area (Å²) >= 11 is 1.07. The van der Waals surface area contributed by atoms with Crippen molar-refractivity contribution in [2.75, 3.05) is 17.9 Å². The second-order valence-corrected chi connectivity index (χ2v) is 13.8. The van der Waals surface area contributed by atoms with E-state index >= 15 is 0 Å². The Labute approximate surface area is 287 Å². The van der Waals surface area contributed by atoms with Crippen molar-refractivity contribution < 1.29 is 31.8 Å². The average Bonchev–Trinajstić information content (AvgIpc) is 3.50. The van der Waals surface area contributed by atoms with Gasteiger partial charge in [0.15, 0.2) is 11.6 Å². The minimum atomic E-state index is -4.45. The lowest BCUT2D eigenvalue weighted by molar-refractivity contribution is -0.219. The molecule has 0 bridgehead atoms. The number of rotatable bonds is 15. The van der Waals surface area contributed by atoms with Crippen LogP contribution in [-0.2, 0) is 11.2 Å². The topological polar surface area (TPSA) is 116 Å². The average molecular weight is 704 g/mol. The van der Waals surface area contributed by atoms with Crippen LogP contribution < -0.4 is 14.8 Å². The van der Waals surface area contributed by atoms with Gasteiger partial charge < -0.3 is 19.5 Å². The van der Waals surface area contributed by atoms with Crippen LogP contribution in [0.1, 0.15) is 65.9 Å². The van der Waals surface area contributed by atoms with Crippen LogP contribution in [0.3, 0.4) is 0 Å². The Balaban J connectivity index is 1.51. The quantitative estimate of drug-likeness (QED) is 0.0544. The summed E-state index contributed by atoms with van der Waals surface area (Å²) in [6, 6.07) is 13.7. The van der Waals surface area contributed by atoms with Crippen LogP contribution >= 0.6 is 11.9 Å². The zero-order valence-corrected chi connectivity index (χ0v) is 28.9. The maximum absolute atomic E-state index is 13.6. The molecule has 0 saturated carbocycles. The molecule has 0 fully saturated rings. The summed E-state index contributed by atoms with van der Waals surface area (Å²) in [7, 11) is 0. The first-order valence-corrected chi connectivity index (χ1v) is 16.7. The highest BCUT2D eigenvalue weighted by atomic mass is 32.2. The summed E-state index contributed by atoms with van der Waals surface area (Å²) < 4.78 is 69.0. The number of aromatic nitrogens is 5. The van der Waals surface area contributed by atoms with Gasteiger partial charge in [0.25, 0.3) is 0 Å². The smallest absolute Gasteiger partial charge is 0.407 e. The van der Waals surface area contributed by atoms with E-state index in [1.165, 1.54) is 23.0 Å². The molecule has 0 aliphatic carbocycles. The van der Waals surface area contributed by atoms with Crippen molar-refractivity contribution in [3.8, 4) is 23.0 Å². The molecule has 0 radical (unpaired) electrons. The largest absolute Gasteiger partial charge is 0.476 e. The number of pyridine rings is 1. The Morgan fingerprint density at radius 1 is 0.939 bits per heavy atom. The Morgan fingerprint density at radius 3 is 2.43 bits per heavy atom. The third kappa shape index (κ3) is 11.3. The van der Waals surface area contributed by atoms with Crippen molar-refractivity contribution in [3.05, 3.63) is 72.4 Å². The summed E-state index contributed by atoms with van der Waals surface area (Å²) in [5.74, 6) is 0.106. The Kier molecular flexibility index (Phi) is 12.5. The van der Waals surface area contributed by atoms with Crippen molar-refractivity contribution in [1.29, 1.82) is 0 Å². The van der Waals surface area contributed by atoms with E-state index in [-0.39, 0.29) is 5.88 Å². The first-order valence-electron chi connectivity index (χ1n) is 15.8. The van der Waals surface area contributed by atoms with Crippen molar-refractivity contribution in [2.24, 2.45) is 5.41 Å². The first kappa shape index (κ1) is 37.4. The van der Waals surface area contributed by atoms with Crippen LogP contribution in [-0.4, -0.2) is 55.8 Å². The third-order valence-corrected chi connectivity index (χ3v) is 7.89. The van der Waals surface area contributed by atoms with Gasteiger partial charge in [-0.2, -0.15) is 17.6 Å². The summed E-state index contributed by atoms with van der Waals surface area (Å²) in [6.45, 7) is 7.50. The van der Waals surface area contributed by atoms with Gasteiger partial charge in [-0.15, -0.1) is 5.10 Å². The summed E-state index contributed by atoms with van der Waals surface area (Å²) in [5.41, 5.74) is -0.338. The van der Waals surface area contributed by atoms with E-state index in [0.717, 1.165) is 69.0 Å². The Morgan fingerprint density at radius 2 is 1.69 bits per heavy atom. The molecule has 4 rings (SSSR count). The summed E-state index contributed by atoms with van der Waals surface area (Å²) in [4.78, 5) is 25.2. The fourth-order valence-corrected chi connectivity index (χ4v) is 5.02. The fraction of sp³-hybridized carbons (Fsp3) is 0.441. The fourth-order valence-electron chi connectivity index (χ4n) is 4.44. The number of alkyl halides is 3. The number of carbonyl (C=O) groups is 1. The summed E-state index contributed by atoms with van der Waals surface area (Å²) in [6.07, 6.45) is 2.41. The molecule has 49 heavy (non-hydrogen) atoms. The van der Waals surface area contributed by atoms with Gasteiger partial charge in [0.1, 0.15) is 22.9 Å². The minimum Gasteiger partial charge on any atom is -0.476 e. The number of aryl methyl sites for hydroxylation is 1. The minimum absolute atomic E-state index is 0.00875. The van der Waals surface area contributed by atoms with Crippen molar-refractivity contribution in [1.82, 2.24) is 30.0 Å². The van der Waals surface area contributed by atoms with E-state index in [2.05, 4.69) is 25.1 Å². The molecule has 3 heterocycles. The van der Waals surface area contributed by atoms with Crippen LogP contribution in [0.5, 0.6) is 5.88 Å². The number of amides is 1. The predicted molar refractivity (Wildman–Crippen MR) is 180 cm³/mol. The van der Waals surface area contributed by atoms with E-state index in [4.69, 9.17) is 14.5 Å². The highest BCUT2D eigenvalue weighted by molar-refractivity contribution is 8.00. The van der Waals surface area contributed by atoms with E-state index < -0.39 is 35.8 Å². The van der Waals surface area contributed by atoms with Crippen LogP contribution in [0.2, 0.25) is 0 Å². The number of halogens is 4. The maximum Gasteiger partial charge on any atom is 0.407 e. The van der Waals surface area contributed by atoms with Crippen molar-refractivity contribution >= 4 is 23.9 Å². The molecule has 3 aromatic heterocycles. The first-order chi connectivity index (χ1) is 23.1. The molecule has 1 aromatic carbocycles. The lowest BCUT2D eigenvalue weighted by atomic mass is 9.94. The molecule has 0 atom stereocenters. The van der Waals surface area contributed by atoms with E-state index in [1.807, 2.05) is 45.0 Å². The van der Waals surface area contributed by atoms with Crippen molar-refractivity contribution in [2.45, 2.75) is 83.5 Å². The van der Waals surface area contributed by atoms with Gasteiger partial charge in [-0.05, 0) is 71.6 Å². The van der Waals surface area contributed by atoms with Gasteiger partial charge in [0.2, 0.25) is 11.8 Å². The number of nitrogens with one attached hydrogen (secondary N) is 2. The molecular formula is C34H41F4N7O3S. The molecule has 0 aliphatic rings. The second-order valence-electron chi connectivity index (χ2n) is 12.9. The predicted octanol–water partition coefficient (Wildman–Crippen LogP) is 8.58. The number of unbranched alkanes of at least 4 members (excludes halogenated alkanes) is 3. The summed E-state index contributed by atoms with van der Waals surface area (Å²) in [5, 5.41) is 7.53. The zero-order chi connectivity index (χ0) is 35.7. The number of ether oxygens (including phenoxy) is 2. The van der Waals surface area contributed by atoms with E-state index in [0.29, 0.717) is 28.9 Å². The van der Waals surface area contributed by atoms with Gasteiger partial charge in [-0.1, -0.05) is 43.2 Å². The molecule has 0 unspecified atom stereocenters. The van der Waals surface area contributed by atoms with Crippen LogP contribution in [0.15, 0.2) is 66.0 Å². The molecule has 10 nitrogen and oxygen atoms in total. The normalized spacial score (nSPS) is 12.1. The van der Waals surface area contributed by atoms with Crippen molar-refractivity contribution in [3.63, 3.8) is 0 Å². The SMILES string of the molecule is CC(C)(C)OC(=O)NCCCCCCc1ccccc1-c1nc(NSc2cccc(F)n2)cnc1-n1ccc(OCC(C)(C)C(F)(F)F)n1. The van der Waals surface area contributed by atoms with Crippen LogP contribution in [0.25, 0.3) is 17.1 Å². The van der Waals surface area contributed by atoms with Gasteiger partial charge in [-0.3, -0.25) is 0 Å². The van der Waals surface area contributed by atoms with Gasteiger partial charge >= 0.3 is 12.3 Å². The standard InChI is InChI=1S/C34H41F4N7O3S/c1-32(2,3)48-31(46)39-19-11-7-6-8-13-23-14-9-10-15-24(23)29-30(40-21-26(42-29)44-49-28-17-12-16-25(35)41-28)45-20-18-27(43-45)47-22-33(4,5)34(36,37)38/h9-10,12,14-18,20-21H,6-8,11,13,19,22H2,1-5H3,(H,39,46)(H,42,44). The molecule has 0 aliphatic heterocycles. The maximum atomic E-state index is 13.6. The van der Waals surface area contributed by atoms with Crippen LogP contribution in [0.4, 0.5) is 28.2 Å². The number of benzene rings is 1. The number of anilines is 1. The molecular weight excluding hydrogens is 662 g/mol. The third-order valence-electron chi connectivity index (χ3n) is 7.15. The number of alkyl carbamates (subject to hydrolysis) is 1. The second kappa shape index (κ2) is 16.3. The Bertz CT molecular complexity index is 1690. The van der Waals surface area contributed by atoms with Crippen LogP contribution in [0, 0.1) is 11.4 Å². The number of carbonyl (C=O) groups excluding carboxylic acids is 1. The molecule has 264 valence electrons. The number of hydrogen-bond donors (Lipinski definition) is 2. The highest BCUT2D eigenvalue weighted by Gasteiger charge is 2.48. The van der Waals surface area contributed by atoms with Gasteiger partial charge in [-0.25, -0.2) is 24.4 Å². The van der Waals surface area contributed by atoms with E-state index in [9.17, 15) is 22.4 Å². The molecule has 4 aromatic rings. The number of nitrogens with zero attached hydrogens (tertiary/aromatic N) is 5. The van der Waals surface area contributed by atoms with E-state index in [1.54, 1.807) is 18.3 Å². The molecule has 15 heteroatoms. The molecule has 1 amide bonds. The molecule has 0 saturated heterocycles. The lowest BCUT2D eigenvalue weighted by Crippen LogP contribution is -2.37. The highest BCUT2D eigenvalue weighted by Crippen LogP contribution is 2.38. The van der Waals surface area contributed by atoms with Gasteiger partial charge in [0.05, 0.1) is 11.6 Å². The molecule has 0 spiro atoms. The Hall–Kier alpha value is -4.40. The zero-order valence-electron chi connectivity index (χ0n) is 28.1. The molecule has 2 N–H and O–H groups in total.